The average Bonchev–Trinajstić information content (AvgIpc) is 2.72. The molecule has 0 bridgehead atoms. The van der Waals surface area contributed by atoms with Crippen LogP contribution in [0.15, 0.2) is 42.5 Å². The normalized spacial score (nSPS) is 13.5. The van der Waals surface area contributed by atoms with Gasteiger partial charge in [0.05, 0.1) is 13.2 Å². The smallest absolute Gasteiger partial charge is 0.120 e. The highest BCUT2D eigenvalue weighted by atomic mass is 31.2. The summed E-state index contributed by atoms with van der Waals surface area (Å²) in [6.07, 6.45) is -2.04. The van der Waals surface area contributed by atoms with E-state index in [0.717, 1.165) is 9.80 Å². The van der Waals surface area contributed by atoms with Gasteiger partial charge in [0.2, 0.25) is 0 Å². The third-order valence-electron chi connectivity index (χ3n) is 5.01. The van der Waals surface area contributed by atoms with Crippen molar-refractivity contribution in [1.29, 1.82) is 0 Å². The molecule has 2 aromatic rings. The van der Waals surface area contributed by atoms with Gasteiger partial charge in [0, 0.05) is 49.4 Å². The first-order chi connectivity index (χ1) is 15.8. The summed E-state index contributed by atoms with van der Waals surface area (Å²) < 4.78 is 23.0. The van der Waals surface area contributed by atoms with Gasteiger partial charge in [0.25, 0.3) is 0 Å². The third-order valence-corrected chi connectivity index (χ3v) is 6.47. The first kappa shape index (κ1) is 28.4. The van der Waals surface area contributed by atoms with Crippen LogP contribution in [0.1, 0.15) is 16.7 Å². The van der Waals surface area contributed by atoms with Crippen LogP contribution in [0.3, 0.4) is 0 Å². The molecule has 0 aliphatic rings. The number of rotatable bonds is 13. The van der Waals surface area contributed by atoms with Crippen LogP contribution >= 0.6 is 15.2 Å². The van der Waals surface area contributed by atoms with E-state index in [1.165, 1.54) is 30.3 Å². The van der Waals surface area contributed by atoms with Crippen LogP contribution in [-0.2, 0) is 28.8 Å². The Morgan fingerprint density at radius 1 is 0.824 bits per heavy atom. The van der Waals surface area contributed by atoms with Crippen LogP contribution in [0.4, 0.5) is 0 Å². The molecule has 12 nitrogen and oxygen atoms in total. The molecule has 0 fully saturated rings. The van der Waals surface area contributed by atoms with Crippen molar-refractivity contribution in [2.45, 2.75) is 25.7 Å². The van der Waals surface area contributed by atoms with E-state index in [1.54, 1.807) is 12.1 Å². The summed E-state index contributed by atoms with van der Waals surface area (Å²) in [5.41, 5.74) is 0.843. The van der Waals surface area contributed by atoms with E-state index >= 15 is 0 Å². The SMILES string of the molecule is O=P([O-])([O-])CN(Cc1ccccc1O)CC(CO)N(Cc1cc(CO)ccc1O)CP(=O)([O-])[O-]. The van der Waals surface area contributed by atoms with Crippen molar-refractivity contribution in [3.63, 3.8) is 0 Å². The first-order valence-corrected chi connectivity index (χ1v) is 13.5. The Balaban J connectivity index is 2.36. The van der Waals surface area contributed by atoms with Crippen LogP contribution in [0.2, 0.25) is 0 Å². The molecule has 1 atom stereocenters. The van der Waals surface area contributed by atoms with Gasteiger partial charge in [-0.25, -0.2) is 0 Å². The minimum atomic E-state index is -5.17. The van der Waals surface area contributed by atoms with Crippen molar-refractivity contribution in [2.75, 3.05) is 25.7 Å². The summed E-state index contributed by atoms with van der Waals surface area (Å²) in [5, 5.41) is 39.4. The molecule has 2 aromatic carbocycles. The Morgan fingerprint density at radius 3 is 2.00 bits per heavy atom. The van der Waals surface area contributed by atoms with Crippen molar-refractivity contribution >= 4 is 15.2 Å². The molecule has 0 aliphatic carbocycles. The molecular weight excluding hydrogens is 490 g/mol. The first-order valence-electron chi connectivity index (χ1n) is 10.1. The number of para-hydroxylation sites is 1. The van der Waals surface area contributed by atoms with Crippen molar-refractivity contribution in [1.82, 2.24) is 9.80 Å². The maximum absolute atomic E-state index is 11.6. The van der Waals surface area contributed by atoms with E-state index in [0.29, 0.717) is 5.56 Å². The minimum absolute atomic E-state index is 0.157. The van der Waals surface area contributed by atoms with Crippen molar-refractivity contribution in [3.05, 3.63) is 59.2 Å². The number of hydrogen-bond donors (Lipinski definition) is 4. The molecule has 4 N–H and O–H groups in total. The van der Waals surface area contributed by atoms with Crippen LogP contribution in [0.25, 0.3) is 0 Å². The number of benzene rings is 2. The standard InChI is InChI=1S/C20H30N2O10P2/c23-11-15-5-6-20(26)17(7-15)9-22(14-34(30,31)32)18(12-24)10-21(13-33(27,28)29)8-16-3-1-2-4-19(16)25/h1-7,18,23-26H,8-14H2,(H2,27,28,29)(H2,30,31,32)/p-4. The second-order valence-electron chi connectivity index (χ2n) is 7.85. The van der Waals surface area contributed by atoms with Crippen LogP contribution in [0, 0.1) is 0 Å². The Morgan fingerprint density at radius 2 is 1.44 bits per heavy atom. The van der Waals surface area contributed by atoms with Gasteiger partial charge in [-0.3, -0.25) is 9.80 Å². The number of hydrogen-bond acceptors (Lipinski definition) is 12. The molecule has 34 heavy (non-hydrogen) atoms. The number of phenolic OH excluding ortho intramolecular Hbond substituents is 2. The summed E-state index contributed by atoms with van der Waals surface area (Å²) in [4.78, 5) is 48.2. The third kappa shape index (κ3) is 9.44. The molecule has 0 amide bonds. The highest BCUT2D eigenvalue weighted by Gasteiger charge is 2.24. The van der Waals surface area contributed by atoms with E-state index in [9.17, 15) is 49.1 Å². The molecule has 0 heterocycles. The molecule has 0 spiro atoms. The molecule has 2 rings (SSSR count). The topological polar surface area (TPSA) is 214 Å². The van der Waals surface area contributed by atoms with E-state index in [2.05, 4.69) is 0 Å². The van der Waals surface area contributed by atoms with Gasteiger partial charge < -0.3 is 49.1 Å². The lowest BCUT2D eigenvalue weighted by Gasteiger charge is -2.42. The van der Waals surface area contributed by atoms with Gasteiger partial charge in [-0.15, -0.1) is 0 Å². The Hall–Kier alpha value is -1.82. The molecule has 0 saturated heterocycles. The minimum Gasteiger partial charge on any atom is -0.810 e. The highest BCUT2D eigenvalue weighted by molar-refractivity contribution is 7.48. The molecule has 0 saturated carbocycles. The molecule has 0 aromatic heterocycles. The lowest BCUT2D eigenvalue weighted by atomic mass is 10.1. The predicted molar refractivity (Wildman–Crippen MR) is 114 cm³/mol. The lowest BCUT2D eigenvalue weighted by Crippen LogP contribution is -2.48. The van der Waals surface area contributed by atoms with Crippen LogP contribution in [0.5, 0.6) is 11.5 Å². The Kier molecular flexibility index (Phi) is 10.2. The second kappa shape index (κ2) is 12.2. The summed E-state index contributed by atoms with van der Waals surface area (Å²) in [6.45, 7) is -2.01. The quantitative estimate of drug-likeness (QED) is 0.213. The Labute approximate surface area is 196 Å². The van der Waals surface area contributed by atoms with E-state index < -0.39 is 40.4 Å². The molecule has 190 valence electrons. The van der Waals surface area contributed by atoms with Crippen molar-refractivity contribution in [2.24, 2.45) is 0 Å². The predicted octanol–water partition coefficient (Wildman–Crippen LogP) is -2.00. The maximum Gasteiger partial charge on any atom is 0.120 e. The highest BCUT2D eigenvalue weighted by Crippen LogP contribution is 2.31. The summed E-state index contributed by atoms with van der Waals surface area (Å²) in [6, 6.07) is 8.94. The van der Waals surface area contributed by atoms with Gasteiger partial charge >= 0.3 is 0 Å². The number of phenols is 2. The summed E-state index contributed by atoms with van der Waals surface area (Å²) in [7, 11) is -10.3. The Bertz CT molecular complexity index is 1040. The summed E-state index contributed by atoms with van der Waals surface area (Å²) >= 11 is 0. The number of nitrogens with zero attached hydrogens (tertiary/aromatic N) is 2. The average molecular weight is 516 g/mol. The number of aliphatic hydroxyl groups excluding tert-OH is 2. The fraction of sp³-hybridized carbons (Fsp3) is 0.400. The summed E-state index contributed by atoms with van der Waals surface area (Å²) in [5.74, 6) is -0.411. The van der Waals surface area contributed by atoms with E-state index in [-0.39, 0.29) is 48.9 Å². The fourth-order valence-corrected chi connectivity index (χ4v) is 4.97. The van der Waals surface area contributed by atoms with Crippen molar-refractivity contribution in [3.8, 4) is 11.5 Å². The zero-order valence-corrected chi connectivity index (χ0v) is 19.9. The second-order valence-corrected chi connectivity index (χ2v) is 10.9. The van der Waals surface area contributed by atoms with Gasteiger partial charge in [-0.1, -0.05) is 39.5 Å². The zero-order chi connectivity index (χ0) is 25.5. The maximum atomic E-state index is 11.6. The molecular formula is C20H26N2O10P2-4. The molecule has 1 unspecified atom stereocenters. The van der Waals surface area contributed by atoms with Crippen LogP contribution < -0.4 is 19.6 Å². The fourth-order valence-electron chi connectivity index (χ4n) is 3.49. The van der Waals surface area contributed by atoms with Crippen LogP contribution in [-0.4, -0.2) is 62.0 Å². The van der Waals surface area contributed by atoms with Gasteiger partial charge in [0.15, 0.2) is 0 Å². The zero-order valence-electron chi connectivity index (χ0n) is 18.1. The van der Waals surface area contributed by atoms with Gasteiger partial charge in [0.1, 0.15) is 11.5 Å². The lowest BCUT2D eigenvalue weighted by molar-refractivity contribution is -0.318. The molecule has 0 aliphatic heterocycles. The van der Waals surface area contributed by atoms with Crippen molar-refractivity contribution < 1.29 is 49.1 Å². The van der Waals surface area contributed by atoms with Gasteiger partial charge in [-0.2, -0.15) is 0 Å². The number of aromatic hydroxyl groups is 2. The monoisotopic (exact) mass is 516 g/mol. The molecule has 0 radical (unpaired) electrons. The van der Waals surface area contributed by atoms with E-state index in [4.69, 9.17) is 0 Å². The molecule has 14 heteroatoms. The largest absolute Gasteiger partial charge is 0.810 e. The van der Waals surface area contributed by atoms with E-state index in [1.807, 2.05) is 0 Å². The number of aliphatic hydroxyl groups is 2. The van der Waals surface area contributed by atoms with Gasteiger partial charge in [-0.05, 0) is 23.8 Å².